The highest BCUT2D eigenvalue weighted by Crippen LogP contribution is 2.23. The van der Waals surface area contributed by atoms with Gasteiger partial charge in [0.15, 0.2) is 5.78 Å². The van der Waals surface area contributed by atoms with Crippen LogP contribution in [-0.4, -0.2) is 11.8 Å². The third-order valence-corrected chi connectivity index (χ3v) is 2.77. The minimum Gasteiger partial charge on any atom is -0.375 e. The molecule has 16 heavy (non-hydrogen) atoms. The highest BCUT2D eigenvalue weighted by atomic mass is 16.1. The molecule has 2 aromatic carbocycles. The Labute approximate surface area is 95.3 Å². The van der Waals surface area contributed by atoms with Crippen LogP contribution >= 0.6 is 0 Å². The van der Waals surface area contributed by atoms with Gasteiger partial charge >= 0.3 is 0 Å². The molecule has 0 aliphatic rings. The summed E-state index contributed by atoms with van der Waals surface area (Å²) in [5.74, 6) is 0.146. The molecule has 2 nitrogen and oxygen atoms in total. The van der Waals surface area contributed by atoms with Gasteiger partial charge in [-0.05, 0) is 25.3 Å². The molecule has 0 radical (unpaired) electrons. The van der Waals surface area contributed by atoms with Gasteiger partial charge in [-0.25, -0.2) is 0 Å². The molecular weight excluding hydrogens is 198 g/mol. The van der Waals surface area contributed by atoms with Gasteiger partial charge in [0.2, 0.25) is 0 Å². The second kappa shape index (κ2) is 4.35. The molecule has 0 aromatic heterocycles. The van der Waals surface area contributed by atoms with E-state index in [-0.39, 0.29) is 11.8 Å². The molecule has 0 aliphatic carbocycles. The van der Waals surface area contributed by atoms with Crippen molar-refractivity contribution in [2.45, 2.75) is 19.9 Å². The molecule has 0 spiro atoms. The molecule has 0 bridgehead atoms. The summed E-state index contributed by atoms with van der Waals surface area (Å²) in [7, 11) is 0. The first-order valence-corrected chi connectivity index (χ1v) is 5.43. The standard InChI is InChI=1S/C14H15NO/c1-10(11(2)16)15-14-9-5-7-12-6-3-4-8-13(12)14/h3-10,15H,1-2H3. The average Bonchev–Trinajstić information content (AvgIpc) is 2.29. The maximum atomic E-state index is 11.2. The van der Waals surface area contributed by atoms with Gasteiger partial charge in [-0.1, -0.05) is 36.4 Å². The van der Waals surface area contributed by atoms with Gasteiger partial charge in [0.05, 0.1) is 6.04 Å². The van der Waals surface area contributed by atoms with Crippen molar-refractivity contribution in [3.05, 3.63) is 42.5 Å². The average molecular weight is 213 g/mol. The van der Waals surface area contributed by atoms with E-state index in [1.165, 1.54) is 5.39 Å². The Morgan fingerprint density at radius 2 is 1.81 bits per heavy atom. The Kier molecular flexibility index (Phi) is 2.91. The molecule has 2 aromatic rings. The second-order valence-corrected chi connectivity index (χ2v) is 4.00. The zero-order chi connectivity index (χ0) is 11.5. The van der Waals surface area contributed by atoms with Crippen molar-refractivity contribution >= 4 is 22.2 Å². The van der Waals surface area contributed by atoms with Gasteiger partial charge in [0.25, 0.3) is 0 Å². The Balaban J connectivity index is 2.41. The van der Waals surface area contributed by atoms with Crippen LogP contribution in [0.4, 0.5) is 5.69 Å². The Hall–Kier alpha value is -1.83. The summed E-state index contributed by atoms with van der Waals surface area (Å²) in [4.78, 5) is 11.2. The van der Waals surface area contributed by atoms with Crippen LogP contribution < -0.4 is 5.32 Å². The Morgan fingerprint density at radius 1 is 1.12 bits per heavy atom. The zero-order valence-corrected chi connectivity index (χ0v) is 9.53. The van der Waals surface area contributed by atoms with E-state index < -0.39 is 0 Å². The van der Waals surface area contributed by atoms with Crippen LogP contribution in [0.1, 0.15) is 13.8 Å². The van der Waals surface area contributed by atoms with Crippen LogP contribution in [0.3, 0.4) is 0 Å². The Morgan fingerprint density at radius 3 is 2.56 bits per heavy atom. The lowest BCUT2D eigenvalue weighted by Crippen LogP contribution is -2.23. The van der Waals surface area contributed by atoms with E-state index in [1.807, 2.05) is 31.2 Å². The molecule has 1 N–H and O–H groups in total. The summed E-state index contributed by atoms with van der Waals surface area (Å²) in [5, 5.41) is 5.57. The number of carbonyl (C=O) groups excluding carboxylic acids is 1. The highest BCUT2D eigenvalue weighted by molar-refractivity contribution is 5.95. The van der Waals surface area contributed by atoms with Gasteiger partial charge in [-0.15, -0.1) is 0 Å². The normalized spacial score (nSPS) is 12.4. The number of hydrogen-bond acceptors (Lipinski definition) is 2. The van der Waals surface area contributed by atoms with E-state index in [1.54, 1.807) is 6.92 Å². The summed E-state index contributed by atoms with van der Waals surface area (Å²) < 4.78 is 0. The first-order valence-electron chi connectivity index (χ1n) is 5.43. The van der Waals surface area contributed by atoms with Crippen molar-refractivity contribution < 1.29 is 4.79 Å². The van der Waals surface area contributed by atoms with Crippen molar-refractivity contribution in [1.29, 1.82) is 0 Å². The van der Waals surface area contributed by atoms with E-state index >= 15 is 0 Å². The number of hydrogen-bond donors (Lipinski definition) is 1. The lowest BCUT2D eigenvalue weighted by atomic mass is 10.1. The van der Waals surface area contributed by atoms with E-state index in [0.29, 0.717) is 0 Å². The molecular formula is C14H15NO. The van der Waals surface area contributed by atoms with Crippen molar-refractivity contribution in [2.24, 2.45) is 0 Å². The summed E-state index contributed by atoms with van der Waals surface area (Å²) >= 11 is 0. The molecule has 0 aliphatic heterocycles. The zero-order valence-electron chi connectivity index (χ0n) is 9.53. The summed E-state index contributed by atoms with van der Waals surface area (Å²) in [6.07, 6.45) is 0. The first-order chi connectivity index (χ1) is 7.68. The third-order valence-electron chi connectivity index (χ3n) is 2.77. The maximum absolute atomic E-state index is 11.2. The highest BCUT2D eigenvalue weighted by Gasteiger charge is 2.08. The third kappa shape index (κ3) is 2.06. The van der Waals surface area contributed by atoms with Crippen LogP contribution in [0.25, 0.3) is 10.8 Å². The fraction of sp³-hybridized carbons (Fsp3) is 0.214. The quantitative estimate of drug-likeness (QED) is 0.848. The van der Waals surface area contributed by atoms with Gasteiger partial charge < -0.3 is 5.32 Å². The van der Waals surface area contributed by atoms with Crippen molar-refractivity contribution in [1.82, 2.24) is 0 Å². The fourth-order valence-corrected chi connectivity index (χ4v) is 1.69. The summed E-state index contributed by atoms with van der Waals surface area (Å²) in [5.41, 5.74) is 1.01. The van der Waals surface area contributed by atoms with Gasteiger partial charge in [0.1, 0.15) is 0 Å². The predicted octanol–water partition coefficient (Wildman–Crippen LogP) is 3.23. The van der Waals surface area contributed by atoms with Crippen LogP contribution in [0.15, 0.2) is 42.5 Å². The molecule has 0 saturated carbocycles. The number of rotatable bonds is 3. The van der Waals surface area contributed by atoms with E-state index in [4.69, 9.17) is 0 Å². The number of fused-ring (bicyclic) bond motifs is 1. The summed E-state index contributed by atoms with van der Waals surface area (Å²) in [6, 6.07) is 14.1. The molecule has 0 amide bonds. The van der Waals surface area contributed by atoms with Crippen LogP contribution in [-0.2, 0) is 4.79 Å². The first kappa shape index (κ1) is 10.7. The van der Waals surface area contributed by atoms with Crippen LogP contribution in [0.2, 0.25) is 0 Å². The SMILES string of the molecule is CC(=O)C(C)Nc1cccc2ccccc12. The number of carbonyl (C=O) groups is 1. The maximum Gasteiger partial charge on any atom is 0.151 e. The van der Waals surface area contributed by atoms with Gasteiger partial charge in [-0.3, -0.25) is 4.79 Å². The summed E-state index contributed by atoms with van der Waals surface area (Å²) in [6.45, 7) is 3.48. The van der Waals surface area contributed by atoms with E-state index in [0.717, 1.165) is 11.1 Å². The minimum atomic E-state index is -0.147. The molecule has 2 rings (SSSR count). The van der Waals surface area contributed by atoms with Crippen molar-refractivity contribution in [3.8, 4) is 0 Å². The lowest BCUT2D eigenvalue weighted by Gasteiger charge is -2.14. The van der Waals surface area contributed by atoms with Crippen LogP contribution in [0.5, 0.6) is 0 Å². The second-order valence-electron chi connectivity index (χ2n) is 4.00. The van der Waals surface area contributed by atoms with Crippen molar-refractivity contribution in [3.63, 3.8) is 0 Å². The van der Waals surface area contributed by atoms with Crippen LogP contribution in [0, 0.1) is 0 Å². The molecule has 1 unspecified atom stereocenters. The molecule has 2 heteroatoms. The van der Waals surface area contributed by atoms with E-state index in [9.17, 15) is 4.79 Å². The monoisotopic (exact) mass is 213 g/mol. The van der Waals surface area contributed by atoms with Gasteiger partial charge in [-0.2, -0.15) is 0 Å². The number of nitrogens with one attached hydrogen (secondary N) is 1. The molecule has 0 saturated heterocycles. The minimum absolute atomic E-state index is 0.146. The largest absolute Gasteiger partial charge is 0.375 e. The van der Waals surface area contributed by atoms with Gasteiger partial charge in [0, 0.05) is 11.1 Å². The van der Waals surface area contributed by atoms with Crippen molar-refractivity contribution in [2.75, 3.05) is 5.32 Å². The van der Waals surface area contributed by atoms with E-state index in [2.05, 4.69) is 23.5 Å². The topological polar surface area (TPSA) is 29.1 Å². The predicted molar refractivity (Wildman–Crippen MR) is 67.7 cm³/mol. The Bertz CT molecular complexity index is 514. The number of ketones is 1. The number of anilines is 1. The number of Topliss-reactive ketones (excluding diaryl/α,β-unsaturated/α-hetero) is 1. The smallest absolute Gasteiger partial charge is 0.151 e. The number of benzene rings is 2. The lowest BCUT2D eigenvalue weighted by molar-refractivity contribution is -0.117. The molecule has 1 atom stereocenters. The molecule has 0 heterocycles. The molecule has 0 fully saturated rings. The fourth-order valence-electron chi connectivity index (χ4n) is 1.69. The molecule has 82 valence electrons.